The highest BCUT2D eigenvalue weighted by molar-refractivity contribution is 7.84. The molecule has 0 aromatic carbocycles. The molecule has 0 radical (unpaired) electrons. The number of hydrogen-bond donors (Lipinski definition) is 1. The van der Waals surface area contributed by atoms with Crippen molar-refractivity contribution >= 4 is 11.0 Å². The van der Waals surface area contributed by atoms with Crippen LogP contribution in [0, 0.1) is 16.7 Å². The van der Waals surface area contributed by atoms with Crippen LogP contribution >= 0.6 is 0 Å². The van der Waals surface area contributed by atoms with Crippen molar-refractivity contribution in [2.45, 2.75) is 52.3 Å². The van der Waals surface area contributed by atoms with Gasteiger partial charge in [-0.1, -0.05) is 0 Å². The van der Waals surface area contributed by atoms with Crippen LogP contribution in [0.4, 0.5) is 0 Å². The Labute approximate surface area is 89.5 Å². The van der Waals surface area contributed by atoms with E-state index in [1.54, 1.807) is 0 Å². The van der Waals surface area contributed by atoms with Crippen molar-refractivity contribution in [2.75, 3.05) is 0 Å². The van der Waals surface area contributed by atoms with Gasteiger partial charge >= 0.3 is 0 Å². The third-order valence-corrected chi connectivity index (χ3v) is 3.89. The largest absolute Gasteiger partial charge is 0.242 e. The molecule has 0 saturated heterocycles. The molecule has 0 aromatic rings. The maximum atomic E-state index is 11.7. The molecule has 0 heterocycles. The summed E-state index contributed by atoms with van der Waals surface area (Å²) in [6.07, 6.45) is 0. The van der Waals surface area contributed by atoms with Crippen LogP contribution in [0.25, 0.3) is 0 Å². The summed E-state index contributed by atoms with van der Waals surface area (Å²) in [6, 6.07) is 2.11. The second-order valence-electron chi connectivity index (χ2n) is 5.05. The standard InChI is InChI=1S/C10H20N2OS/c1-8(10(5,6)7-11)12-14(13)9(2,3)4/h8,12H,1-6H3/t8-,14+/m0/s1. The van der Waals surface area contributed by atoms with Crippen molar-refractivity contribution in [3.8, 4) is 6.07 Å². The molecule has 0 aromatic heterocycles. The Bertz CT molecular complexity index is 260. The van der Waals surface area contributed by atoms with Crippen molar-refractivity contribution in [3.63, 3.8) is 0 Å². The Morgan fingerprint density at radius 2 is 1.71 bits per heavy atom. The van der Waals surface area contributed by atoms with E-state index in [1.165, 1.54) is 0 Å². The fourth-order valence-electron chi connectivity index (χ4n) is 0.581. The van der Waals surface area contributed by atoms with E-state index < -0.39 is 16.4 Å². The van der Waals surface area contributed by atoms with Crippen LogP contribution in [0.5, 0.6) is 0 Å². The van der Waals surface area contributed by atoms with Crippen molar-refractivity contribution in [1.29, 1.82) is 5.26 Å². The quantitative estimate of drug-likeness (QED) is 0.784. The van der Waals surface area contributed by atoms with Crippen molar-refractivity contribution in [3.05, 3.63) is 0 Å². The van der Waals surface area contributed by atoms with Gasteiger partial charge in [-0.3, -0.25) is 0 Å². The van der Waals surface area contributed by atoms with Crippen LogP contribution in [-0.2, 0) is 11.0 Å². The summed E-state index contributed by atoms with van der Waals surface area (Å²) in [5.41, 5.74) is -0.499. The van der Waals surface area contributed by atoms with Crippen molar-refractivity contribution in [2.24, 2.45) is 5.41 Å². The van der Waals surface area contributed by atoms with Crippen molar-refractivity contribution in [1.82, 2.24) is 4.72 Å². The predicted octanol–water partition coefficient (Wildman–Crippen LogP) is 1.98. The van der Waals surface area contributed by atoms with Crippen LogP contribution in [0.2, 0.25) is 0 Å². The molecule has 0 unspecified atom stereocenters. The highest BCUT2D eigenvalue weighted by Crippen LogP contribution is 2.20. The number of nitrogens with one attached hydrogen (secondary N) is 1. The van der Waals surface area contributed by atoms with E-state index in [-0.39, 0.29) is 10.8 Å². The number of nitriles is 1. The lowest BCUT2D eigenvalue weighted by Gasteiger charge is -2.28. The van der Waals surface area contributed by atoms with Gasteiger partial charge in [-0.05, 0) is 41.5 Å². The fraction of sp³-hybridized carbons (Fsp3) is 0.900. The highest BCUT2D eigenvalue weighted by Gasteiger charge is 2.29. The topological polar surface area (TPSA) is 52.9 Å². The summed E-state index contributed by atoms with van der Waals surface area (Å²) in [4.78, 5) is 0. The van der Waals surface area contributed by atoms with E-state index in [0.717, 1.165) is 0 Å². The molecule has 0 saturated carbocycles. The summed E-state index contributed by atoms with van der Waals surface area (Å²) in [7, 11) is -1.12. The second kappa shape index (κ2) is 4.41. The van der Waals surface area contributed by atoms with Gasteiger partial charge < -0.3 is 0 Å². The van der Waals surface area contributed by atoms with Crippen molar-refractivity contribution < 1.29 is 4.21 Å². The first kappa shape index (κ1) is 13.6. The lowest BCUT2D eigenvalue weighted by Crippen LogP contribution is -2.44. The van der Waals surface area contributed by atoms with Crippen LogP contribution in [0.1, 0.15) is 41.5 Å². The van der Waals surface area contributed by atoms with Gasteiger partial charge in [0.25, 0.3) is 0 Å². The van der Waals surface area contributed by atoms with Gasteiger partial charge in [0.2, 0.25) is 0 Å². The molecule has 0 aliphatic carbocycles. The molecule has 0 aliphatic rings. The zero-order valence-electron chi connectivity index (χ0n) is 9.84. The number of nitrogens with zero attached hydrogens (tertiary/aromatic N) is 1. The highest BCUT2D eigenvalue weighted by atomic mass is 32.2. The Balaban J connectivity index is 4.44. The lowest BCUT2D eigenvalue weighted by atomic mass is 9.88. The molecule has 0 aliphatic heterocycles. The molecule has 2 atom stereocenters. The van der Waals surface area contributed by atoms with Gasteiger partial charge in [0, 0.05) is 6.04 Å². The SMILES string of the molecule is C[C@H](N[S@](=O)C(C)(C)C)C(C)(C)C#N. The van der Waals surface area contributed by atoms with E-state index in [4.69, 9.17) is 5.26 Å². The summed E-state index contributed by atoms with van der Waals surface area (Å²) in [5, 5.41) is 8.89. The molecule has 4 heteroatoms. The van der Waals surface area contributed by atoms with Gasteiger partial charge in [0.1, 0.15) is 0 Å². The molecular formula is C10H20N2OS. The average molecular weight is 216 g/mol. The van der Waals surface area contributed by atoms with Gasteiger partial charge in [-0.2, -0.15) is 5.26 Å². The zero-order valence-corrected chi connectivity index (χ0v) is 10.7. The van der Waals surface area contributed by atoms with E-state index in [1.807, 2.05) is 41.5 Å². The maximum Gasteiger partial charge on any atom is 0.0973 e. The molecule has 82 valence electrons. The molecule has 0 rings (SSSR count). The molecule has 3 nitrogen and oxygen atoms in total. The first-order valence-corrected chi connectivity index (χ1v) is 5.85. The van der Waals surface area contributed by atoms with E-state index in [0.29, 0.717) is 0 Å². The fourth-order valence-corrected chi connectivity index (χ4v) is 1.55. The molecule has 14 heavy (non-hydrogen) atoms. The minimum absolute atomic E-state index is 0.0902. The van der Waals surface area contributed by atoms with Crippen LogP contribution in [-0.4, -0.2) is 15.0 Å². The first-order chi connectivity index (χ1) is 6.11. The van der Waals surface area contributed by atoms with E-state index in [9.17, 15) is 4.21 Å². The Kier molecular flexibility index (Phi) is 4.29. The Morgan fingerprint density at radius 1 is 1.29 bits per heavy atom. The smallest absolute Gasteiger partial charge is 0.0973 e. The zero-order chi connectivity index (χ0) is 11.6. The second-order valence-corrected chi connectivity index (χ2v) is 7.05. The van der Waals surface area contributed by atoms with Crippen LogP contribution in [0.15, 0.2) is 0 Å². The monoisotopic (exact) mass is 216 g/mol. The van der Waals surface area contributed by atoms with Gasteiger partial charge in [0.15, 0.2) is 0 Å². The Hall–Kier alpha value is -0.400. The van der Waals surface area contributed by atoms with Gasteiger partial charge in [0.05, 0.1) is 27.2 Å². The predicted molar refractivity (Wildman–Crippen MR) is 59.9 cm³/mol. The minimum atomic E-state index is -1.12. The van der Waals surface area contributed by atoms with E-state index in [2.05, 4.69) is 10.8 Å². The number of rotatable bonds is 3. The summed E-state index contributed by atoms with van der Waals surface area (Å²) < 4.78 is 14.4. The minimum Gasteiger partial charge on any atom is -0.242 e. The summed E-state index contributed by atoms with van der Waals surface area (Å²) in [5.74, 6) is 0. The molecule has 0 fully saturated rings. The molecular weight excluding hydrogens is 196 g/mol. The molecule has 0 bridgehead atoms. The average Bonchev–Trinajstić information content (AvgIpc) is 2.02. The first-order valence-electron chi connectivity index (χ1n) is 4.70. The molecule has 1 N–H and O–H groups in total. The van der Waals surface area contributed by atoms with Crippen LogP contribution < -0.4 is 4.72 Å². The molecule has 0 amide bonds. The van der Waals surface area contributed by atoms with Crippen LogP contribution in [0.3, 0.4) is 0 Å². The third kappa shape index (κ3) is 3.77. The number of hydrogen-bond acceptors (Lipinski definition) is 2. The lowest BCUT2D eigenvalue weighted by molar-refractivity contribution is 0.382. The van der Waals surface area contributed by atoms with Gasteiger partial charge in [-0.15, -0.1) is 0 Å². The molecule has 0 spiro atoms. The maximum absolute atomic E-state index is 11.7. The Morgan fingerprint density at radius 3 is 2.00 bits per heavy atom. The van der Waals surface area contributed by atoms with Gasteiger partial charge in [-0.25, -0.2) is 8.93 Å². The summed E-state index contributed by atoms with van der Waals surface area (Å²) >= 11 is 0. The third-order valence-electron chi connectivity index (χ3n) is 2.21. The summed E-state index contributed by atoms with van der Waals surface area (Å²) in [6.45, 7) is 11.3. The van der Waals surface area contributed by atoms with E-state index >= 15 is 0 Å². The normalized spacial score (nSPS) is 17.2.